The second-order valence-corrected chi connectivity index (χ2v) is 5.38. The Kier molecular flexibility index (Phi) is 3.78. The van der Waals surface area contributed by atoms with Gasteiger partial charge in [0.05, 0.1) is 16.4 Å². The molecule has 2 heterocycles. The second-order valence-electron chi connectivity index (χ2n) is 3.49. The highest BCUT2D eigenvalue weighted by molar-refractivity contribution is 9.10. The van der Waals surface area contributed by atoms with Gasteiger partial charge in [-0.3, -0.25) is 4.68 Å². The number of aryl methyl sites for hydroxylation is 1. The third-order valence-corrected chi connectivity index (χ3v) is 3.93. The van der Waals surface area contributed by atoms with Crippen molar-refractivity contribution in [3.8, 4) is 0 Å². The molecule has 0 aliphatic carbocycles. The SMILES string of the molecule is CCn1ncc(Br)c1C(O)Cc1cccs1. The standard InChI is InChI=1S/C11H13BrN2OS/c1-2-14-11(9(12)7-13-14)10(15)6-8-4-3-5-16-8/h3-5,7,10,15H,2,6H2,1H3. The molecule has 0 aliphatic heterocycles. The molecule has 0 bridgehead atoms. The van der Waals surface area contributed by atoms with Crippen LogP contribution >= 0.6 is 27.3 Å². The summed E-state index contributed by atoms with van der Waals surface area (Å²) in [5.41, 5.74) is 0.857. The van der Waals surface area contributed by atoms with Gasteiger partial charge in [-0.25, -0.2) is 0 Å². The number of hydrogen-bond donors (Lipinski definition) is 1. The Hall–Kier alpha value is -0.650. The fourth-order valence-corrected chi connectivity index (χ4v) is 2.97. The number of aliphatic hydroxyl groups is 1. The quantitative estimate of drug-likeness (QED) is 0.942. The zero-order valence-electron chi connectivity index (χ0n) is 8.93. The van der Waals surface area contributed by atoms with Gasteiger partial charge in [-0.1, -0.05) is 6.07 Å². The van der Waals surface area contributed by atoms with Gasteiger partial charge in [0.1, 0.15) is 6.10 Å². The van der Waals surface area contributed by atoms with Gasteiger partial charge in [0.25, 0.3) is 0 Å². The van der Waals surface area contributed by atoms with Crippen LogP contribution in [0.4, 0.5) is 0 Å². The molecule has 0 amide bonds. The molecule has 16 heavy (non-hydrogen) atoms. The lowest BCUT2D eigenvalue weighted by molar-refractivity contribution is 0.167. The molecule has 2 rings (SSSR count). The summed E-state index contributed by atoms with van der Waals surface area (Å²) in [4.78, 5) is 1.18. The Bertz CT molecular complexity index is 453. The minimum absolute atomic E-state index is 0.504. The first kappa shape index (κ1) is 11.8. The zero-order chi connectivity index (χ0) is 11.5. The van der Waals surface area contributed by atoms with Crippen molar-refractivity contribution in [2.24, 2.45) is 0 Å². The largest absolute Gasteiger partial charge is 0.386 e. The first-order chi connectivity index (χ1) is 7.72. The molecule has 1 unspecified atom stereocenters. The Morgan fingerprint density at radius 1 is 1.62 bits per heavy atom. The Morgan fingerprint density at radius 2 is 2.44 bits per heavy atom. The van der Waals surface area contributed by atoms with E-state index < -0.39 is 6.10 Å². The van der Waals surface area contributed by atoms with E-state index in [-0.39, 0.29) is 0 Å². The van der Waals surface area contributed by atoms with E-state index in [0.29, 0.717) is 6.42 Å². The number of halogens is 1. The van der Waals surface area contributed by atoms with Crippen LogP contribution in [-0.2, 0) is 13.0 Å². The molecule has 3 nitrogen and oxygen atoms in total. The summed E-state index contributed by atoms with van der Waals surface area (Å²) in [6.07, 6.45) is 1.87. The Morgan fingerprint density at radius 3 is 3.06 bits per heavy atom. The molecule has 2 aromatic rings. The first-order valence-corrected chi connectivity index (χ1v) is 6.81. The summed E-state index contributed by atoms with van der Waals surface area (Å²) < 4.78 is 2.70. The van der Waals surface area contributed by atoms with E-state index in [0.717, 1.165) is 16.7 Å². The average Bonchev–Trinajstić information content (AvgIpc) is 2.87. The summed E-state index contributed by atoms with van der Waals surface area (Å²) in [5.74, 6) is 0. The smallest absolute Gasteiger partial charge is 0.102 e. The molecular weight excluding hydrogens is 288 g/mol. The lowest BCUT2D eigenvalue weighted by Crippen LogP contribution is -2.10. The fourth-order valence-electron chi connectivity index (χ4n) is 1.67. The number of aliphatic hydroxyl groups excluding tert-OH is 1. The molecule has 2 aromatic heterocycles. The van der Waals surface area contributed by atoms with E-state index in [1.54, 1.807) is 17.5 Å². The molecule has 0 aromatic carbocycles. The van der Waals surface area contributed by atoms with Crippen molar-refractivity contribution in [1.82, 2.24) is 9.78 Å². The predicted molar refractivity (Wildman–Crippen MR) is 68.6 cm³/mol. The van der Waals surface area contributed by atoms with Crippen molar-refractivity contribution in [3.05, 3.63) is 38.8 Å². The van der Waals surface area contributed by atoms with Crippen LogP contribution in [0.1, 0.15) is 23.6 Å². The number of hydrogen-bond acceptors (Lipinski definition) is 3. The number of aromatic nitrogens is 2. The van der Waals surface area contributed by atoms with E-state index in [1.807, 2.05) is 29.1 Å². The normalized spacial score (nSPS) is 12.9. The molecule has 1 N–H and O–H groups in total. The van der Waals surface area contributed by atoms with Gasteiger partial charge in [-0.2, -0.15) is 5.10 Å². The molecule has 1 atom stereocenters. The highest BCUT2D eigenvalue weighted by Gasteiger charge is 2.17. The van der Waals surface area contributed by atoms with Crippen molar-refractivity contribution in [3.63, 3.8) is 0 Å². The maximum Gasteiger partial charge on any atom is 0.102 e. The van der Waals surface area contributed by atoms with E-state index in [4.69, 9.17) is 0 Å². The van der Waals surface area contributed by atoms with Crippen molar-refractivity contribution < 1.29 is 5.11 Å². The van der Waals surface area contributed by atoms with E-state index in [1.165, 1.54) is 4.88 Å². The second kappa shape index (κ2) is 5.12. The maximum absolute atomic E-state index is 10.2. The average molecular weight is 301 g/mol. The van der Waals surface area contributed by atoms with Crippen LogP contribution in [0.3, 0.4) is 0 Å². The van der Waals surface area contributed by atoms with E-state index in [9.17, 15) is 5.11 Å². The lowest BCUT2D eigenvalue weighted by Gasteiger charge is -2.12. The molecule has 0 saturated carbocycles. The van der Waals surface area contributed by atoms with E-state index in [2.05, 4.69) is 21.0 Å². The Balaban J connectivity index is 2.20. The van der Waals surface area contributed by atoms with Gasteiger partial charge >= 0.3 is 0 Å². The maximum atomic E-state index is 10.2. The topological polar surface area (TPSA) is 38.0 Å². The minimum Gasteiger partial charge on any atom is -0.386 e. The van der Waals surface area contributed by atoms with Crippen LogP contribution in [0.15, 0.2) is 28.2 Å². The van der Waals surface area contributed by atoms with Gasteiger partial charge in [0, 0.05) is 17.8 Å². The monoisotopic (exact) mass is 300 g/mol. The van der Waals surface area contributed by atoms with Crippen LogP contribution in [0, 0.1) is 0 Å². The van der Waals surface area contributed by atoms with Crippen LogP contribution in [-0.4, -0.2) is 14.9 Å². The van der Waals surface area contributed by atoms with Crippen molar-refractivity contribution in [1.29, 1.82) is 0 Å². The minimum atomic E-state index is -0.504. The van der Waals surface area contributed by atoms with Gasteiger partial charge in [0.15, 0.2) is 0 Å². The molecular formula is C11H13BrN2OS. The number of rotatable bonds is 4. The van der Waals surface area contributed by atoms with Crippen molar-refractivity contribution in [2.75, 3.05) is 0 Å². The van der Waals surface area contributed by atoms with Gasteiger partial charge < -0.3 is 5.11 Å². The number of nitrogens with zero attached hydrogens (tertiary/aromatic N) is 2. The highest BCUT2D eigenvalue weighted by Crippen LogP contribution is 2.27. The molecule has 0 aliphatic rings. The summed E-state index contributed by atoms with van der Waals surface area (Å²) >= 11 is 5.09. The lowest BCUT2D eigenvalue weighted by atomic mass is 10.1. The molecule has 0 radical (unpaired) electrons. The molecule has 0 fully saturated rings. The summed E-state index contributed by atoms with van der Waals surface area (Å²) in [7, 11) is 0. The third kappa shape index (κ3) is 2.36. The summed E-state index contributed by atoms with van der Waals surface area (Å²) in [5, 5.41) is 16.4. The van der Waals surface area contributed by atoms with Gasteiger partial charge in [0.2, 0.25) is 0 Å². The molecule has 0 spiro atoms. The predicted octanol–water partition coefficient (Wildman–Crippen LogP) is 3.00. The van der Waals surface area contributed by atoms with Crippen LogP contribution < -0.4 is 0 Å². The molecule has 5 heteroatoms. The highest BCUT2D eigenvalue weighted by atomic mass is 79.9. The Labute approximate surface area is 107 Å². The third-order valence-electron chi connectivity index (χ3n) is 2.42. The van der Waals surface area contributed by atoms with Crippen molar-refractivity contribution in [2.45, 2.75) is 26.0 Å². The zero-order valence-corrected chi connectivity index (χ0v) is 11.3. The summed E-state index contributed by atoms with van der Waals surface area (Å²) in [6.45, 7) is 2.78. The fraction of sp³-hybridized carbons (Fsp3) is 0.364. The van der Waals surface area contributed by atoms with Gasteiger partial charge in [-0.05, 0) is 34.3 Å². The molecule has 0 saturated heterocycles. The van der Waals surface area contributed by atoms with Gasteiger partial charge in [-0.15, -0.1) is 11.3 Å². The van der Waals surface area contributed by atoms with Crippen LogP contribution in [0.5, 0.6) is 0 Å². The molecule has 86 valence electrons. The van der Waals surface area contributed by atoms with Crippen LogP contribution in [0.2, 0.25) is 0 Å². The van der Waals surface area contributed by atoms with Crippen LogP contribution in [0.25, 0.3) is 0 Å². The number of thiophene rings is 1. The van der Waals surface area contributed by atoms with E-state index >= 15 is 0 Å². The first-order valence-electron chi connectivity index (χ1n) is 5.14. The van der Waals surface area contributed by atoms with Crippen molar-refractivity contribution >= 4 is 27.3 Å². The summed E-state index contributed by atoms with van der Waals surface area (Å²) in [6, 6.07) is 4.04.